The molecule has 0 saturated heterocycles. The van der Waals surface area contributed by atoms with Crippen LogP contribution >= 0.6 is 0 Å². The predicted octanol–water partition coefficient (Wildman–Crippen LogP) is 2.92. The van der Waals surface area contributed by atoms with E-state index in [1.54, 1.807) is 6.07 Å². The van der Waals surface area contributed by atoms with Crippen LogP contribution in [0, 0.1) is 6.92 Å². The Bertz CT molecular complexity index is 1080. The highest BCUT2D eigenvalue weighted by atomic mass is 32.2. The molecule has 148 valence electrons. The van der Waals surface area contributed by atoms with Gasteiger partial charge in [0.2, 0.25) is 21.7 Å². The van der Waals surface area contributed by atoms with Crippen LogP contribution in [0.2, 0.25) is 0 Å². The summed E-state index contributed by atoms with van der Waals surface area (Å²) in [4.78, 5) is 4.56. The van der Waals surface area contributed by atoms with Crippen molar-refractivity contribution in [2.24, 2.45) is 0 Å². The van der Waals surface area contributed by atoms with Gasteiger partial charge in [0.15, 0.2) is 0 Å². The molecule has 1 heterocycles. The maximum absolute atomic E-state index is 12.4. The van der Waals surface area contributed by atoms with Crippen LogP contribution in [0.3, 0.4) is 0 Å². The third kappa shape index (κ3) is 4.00. The van der Waals surface area contributed by atoms with E-state index in [9.17, 15) is 8.42 Å². The zero-order valence-corrected chi connectivity index (χ0v) is 16.9. The number of hydrogen-bond donors (Lipinski definition) is 1. The Hall–Kier alpha value is -2.91. The van der Waals surface area contributed by atoms with Crippen molar-refractivity contribution in [3.05, 3.63) is 53.9 Å². The van der Waals surface area contributed by atoms with Crippen LogP contribution in [0.4, 0.5) is 5.69 Å². The van der Waals surface area contributed by atoms with Gasteiger partial charge < -0.3 is 14.6 Å². The van der Waals surface area contributed by atoms with Gasteiger partial charge in [-0.3, -0.25) is 0 Å². The summed E-state index contributed by atoms with van der Waals surface area (Å²) in [6.07, 6.45) is 0. The molecule has 0 radical (unpaired) electrons. The molecule has 0 aliphatic heterocycles. The van der Waals surface area contributed by atoms with Crippen LogP contribution in [0.15, 0.2) is 51.9 Å². The molecule has 0 unspecified atom stereocenters. The normalized spacial score (nSPS) is 11.6. The average Bonchev–Trinajstić information content (AvgIpc) is 3.15. The third-order valence-corrected chi connectivity index (χ3v) is 6.04. The summed E-state index contributed by atoms with van der Waals surface area (Å²) in [5.74, 6) is 1.39. The van der Waals surface area contributed by atoms with Gasteiger partial charge >= 0.3 is 0 Å². The first-order chi connectivity index (χ1) is 13.3. The lowest BCUT2D eigenvalue weighted by Crippen LogP contribution is -2.22. The minimum atomic E-state index is -3.56. The van der Waals surface area contributed by atoms with Crippen molar-refractivity contribution >= 4 is 15.7 Å². The van der Waals surface area contributed by atoms with Crippen molar-refractivity contribution in [3.8, 4) is 17.1 Å². The molecule has 1 N–H and O–H groups in total. The average molecular weight is 402 g/mol. The number of benzene rings is 2. The van der Waals surface area contributed by atoms with Crippen LogP contribution in [-0.2, 0) is 16.6 Å². The minimum Gasteiger partial charge on any atom is -0.495 e. The summed E-state index contributed by atoms with van der Waals surface area (Å²) < 4.78 is 36.5. The number of anilines is 1. The fraction of sp³-hybridized carbons (Fsp3) is 0.263. The summed E-state index contributed by atoms with van der Waals surface area (Å²) in [5, 5.41) is 7.13. The Labute approximate surface area is 164 Å². The third-order valence-electron chi connectivity index (χ3n) is 4.23. The number of hydrogen-bond acceptors (Lipinski definition) is 7. The molecule has 3 rings (SSSR count). The highest BCUT2D eigenvalue weighted by molar-refractivity contribution is 7.89. The van der Waals surface area contributed by atoms with E-state index in [1.807, 2.05) is 31.2 Å². The second-order valence-corrected chi connectivity index (χ2v) is 8.48. The highest BCUT2D eigenvalue weighted by Crippen LogP contribution is 2.29. The van der Waals surface area contributed by atoms with E-state index >= 15 is 0 Å². The summed E-state index contributed by atoms with van der Waals surface area (Å²) in [6.45, 7) is 2.20. The summed E-state index contributed by atoms with van der Waals surface area (Å²) in [6, 6.07) is 12.4. The summed E-state index contributed by atoms with van der Waals surface area (Å²) >= 11 is 0. The summed E-state index contributed by atoms with van der Waals surface area (Å²) in [7, 11) is 0.928. The molecule has 0 spiro atoms. The van der Waals surface area contributed by atoms with Crippen molar-refractivity contribution in [2.45, 2.75) is 18.4 Å². The lowest BCUT2D eigenvalue weighted by Gasteiger charge is -2.15. The van der Waals surface area contributed by atoms with Crippen molar-refractivity contribution < 1.29 is 17.7 Å². The number of nitrogens with zero attached hydrogens (tertiary/aromatic N) is 3. The Morgan fingerprint density at radius 2 is 1.93 bits per heavy atom. The van der Waals surface area contributed by atoms with E-state index in [-0.39, 0.29) is 11.4 Å². The van der Waals surface area contributed by atoms with Gasteiger partial charge in [0.25, 0.3) is 0 Å². The first-order valence-electron chi connectivity index (χ1n) is 8.56. The molecule has 9 heteroatoms. The second kappa shape index (κ2) is 7.99. The number of sulfonamides is 1. The van der Waals surface area contributed by atoms with Crippen molar-refractivity contribution in [1.29, 1.82) is 0 Å². The maximum atomic E-state index is 12.4. The van der Waals surface area contributed by atoms with Crippen molar-refractivity contribution in [1.82, 2.24) is 14.4 Å². The molecule has 28 heavy (non-hydrogen) atoms. The van der Waals surface area contributed by atoms with Gasteiger partial charge in [-0.05, 0) is 30.7 Å². The maximum Gasteiger partial charge on any atom is 0.246 e. The van der Waals surface area contributed by atoms with E-state index in [4.69, 9.17) is 9.26 Å². The van der Waals surface area contributed by atoms with Crippen LogP contribution in [-0.4, -0.2) is 44.1 Å². The molecule has 0 saturated carbocycles. The van der Waals surface area contributed by atoms with E-state index in [0.717, 1.165) is 15.4 Å². The molecular formula is C19H22N4O4S. The SMILES string of the molecule is COc1ccc(S(=O)(=O)N(C)C)cc1NCc1nc(-c2ccccc2C)no1. The van der Waals surface area contributed by atoms with Crippen LogP contribution < -0.4 is 10.1 Å². The minimum absolute atomic E-state index is 0.159. The zero-order chi connectivity index (χ0) is 20.3. The van der Waals surface area contributed by atoms with E-state index in [1.165, 1.54) is 33.3 Å². The van der Waals surface area contributed by atoms with Crippen LogP contribution in [0.1, 0.15) is 11.5 Å². The Morgan fingerprint density at radius 3 is 2.61 bits per heavy atom. The lowest BCUT2D eigenvalue weighted by atomic mass is 10.1. The molecule has 0 bridgehead atoms. The molecule has 0 aliphatic rings. The number of aryl methyl sites for hydroxylation is 1. The fourth-order valence-corrected chi connectivity index (χ4v) is 3.56. The van der Waals surface area contributed by atoms with Gasteiger partial charge in [-0.1, -0.05) is 29.4 Å². The first-order valence-corrected chi connectivity index (χ1v) is 10.00. The smallest absolute Gasteiger partial charge is 0.246 e. The monoisotopic (exact) mass is 402 g/mol. The molecule has 3 aromatic rings. The number of rotatable bonds is 7. The van der Waals surface area contributed by atoms with Crippen molar-refractivity contribution in [3.63, 3.8) is 0 Å². The highest BCUT2D eigenvalue weighted by Gasteiger charge is 2.19. The molecule has 0 amide bonds. The quantitative estimate of drug-likeness (QED) is 0.649. The molecule has 0 fully saturated rings. The van der Waals surface area contributed by atoms with Gasteiger partial charge in [0, 0.05) is 19.7 Å². The van der Waals surface area contributed by atoms with E-state index in [0.29, 0.717) is 23.2 Å². The molecule has 8 nitrogen and oxygen atoms in total. The van der Waals surface area contributed by atoms with Gasteiger partial charge in [-0.2, -0.15) is 4.98 Å². The number of ether oxygens (including phenoxy) is 1. The fourth-order valence-electron chi connectivity index (χ4n) is 2.63. The largest absolute Gasteiger partial charge is 0.495 e. The molecule has 0 atom stereocenters. The van der Waals surface area contributed by atoms with Gasteiger partial charge in [0.05, 0.1) is 24.2 Å². The van der Waals surface area contributed by atoms with Crippen LogP contribution in [0.25, 0.3) is 11.4 Å². The van der Waals surface area contributed by atoms with E-state index < -0.39 is 10.0 Å². The predicted molar refractivity (Wildman–Crippen MR) is 106 cm³/mol. The summed E-state index contributed by atoms with van der Waals surface area (Å²) in [5.41, 5.74) is 2.46. The standard InChI is InChI=1S/C19H22N4O4S/c1-13-7-5-6-8-15(13)19-21-18(27-22-19)12-20-16-11-14(9-10-17(16)26-4)28(24,25)23(2)3/h5-11,20H,12H2,1-4H3. The number of methoxy groups -OCH3 is 1. The molecule has 1 aromatic heterocycles. The zero-order valence-electron chi connectivity index (χ0n) is 16.1. The number of nitrogens with one attached hydrogen (secondary N) is 1. The molecule has 0 aliphatic carbocycles. The second-order valence-electron chi connectivity index (χ2n) is 6.33. The van der Waals surface area contributed by atoms with Gasteiger partial charge in [-0.25, -0.2) is 12.7 Å². The number of aromatic nitrogens is 2. The van der Waals surface area contributed by atoms with Crippen molar-refractivity contribution in [2.75, 3.05) is 26.5 Å². The lowest BCUT2D eigenvalue weighted by molar-refractivity contribution is 0.383. The van der Waals surface area contributed by atoms with E-state index in [2.05, 4.69) is 15.5 Å². The Morgan fingerprint density at radius 1 is 1.18 bits per heavy atom. The molecular weight excluding hydrogens is 380 g/mol. The Kier molecular flexibility index (Phi) is 5.66. The topological polar surface area (TPSA) is 97.6 Å². The Balaban J connectivity index is 1.82. The van der Waals surface area contributed by atoms with Gasteiger partial charge in [-0.15, -0.1) is 0 Å². The van der Waals surface area contributed by atoms with Crippen LogP contribution in [0.5, 0.6) is 5.75 Å². The van der Waals surface area contributed by atoms with Gasteiger partial charge in [0.1, 0.15) is 5.75 Å². The first kappa shape index (κ1) is 19.8. The molecule has 2 aromatic carbocycles.